The highest BCUT2D eigenvalue weighted by atomic mass is 35.5. The molecule has 3 rings (SSSR count). The van der Waals surface area contributed by atoms with Crippen molar-refractivity contribution in [1.82, 2.24) is 10.3 Å². The number of benzene rings is 1. The Hall–Kier alpha value is -1.72. The lowest BCUT2D eigenvalue weighted by Crippen LogP contribution is -2.12. The molecular formula is C18H19Cl3N2O2. The van der Waals surface area contributed by atoms with Gasteiger partial charge in [0.25, 0.3) is 0 Å². The van der Waals surface area contributed by atoms with E-state index in [4.69, 9.17) is 20.8 Å². The summed E-state index contributed by atoms with van der Waals surface area (Å²) in [6.07, 6.45) is 3.61. The molecule has 0 bridgehead atoms. The van der Waals surface area contributed by atoms with Crippen molar-refractivity contribution >= 4 is 36.4 Å². The van der Waals surface area contributed by atoms with E-state index in [0.717, 1.165) is 29.2 Å². The highest BCUT2D eigenvalue weighted by molar-refractivity contribution is 6.32. The van der Waals surface area contributed by atoms with E-state index in [1.165, 1.54) is 0 Å². The van der Waals surface area contributed by atoms with Crippen LogP contribution in [0.1, 0.15) is 11.3 Å². The number of aromatic nitrogens is 1. The van der Waals surface area contributed by atoms with Crippen molar-refractivity contribution in [2.24, 2.45) is 0 Å². The Bertz CT molecular complexity index is 779. The van der Waals surface area contributed by atoms with Crippen molar-refractivity contribution in [3.8, 4) is 17.1 Å². The van der Waals surface area contributed by atoms with Gasteiger partial charge in [-0.3, -0.25) is 4.98 Å². The van der Waals surface area contributed by atoms with Gasteiger partial charge < -0.3 is 14.5 Å². The van der Waals surface area contributed by atoms with E-state index >= 15 is 0 Å². The number of nitrogens with zero attached hydrogens (tertiary/aromatic N) is 1. The standard InChI is InChI=1S/C18H17ClN2O2.2ClH/c1-22-18-6-4-14(9-16(18)19)17-7-5-15(23-17)12-21-11-13-3-2-8-20-10-13;;/h2-10,21H,11-12H2,1H3;2*1H. The number of pyridine rings is 1. The molecule has 0 saturated heterocycles. The van der Waals surface area contributed by atoms with Crippen LogP contribution in [0.3, 0.4) is 0 Å². The summed E-state index contributed by atoms with van der Waals surface area (Å²) in [5.41, 5.74) is 2.07. The zero-order valence-corrected chi connectivity index (χ0v) is 16.0. The summed E-state index contributed by atoms with van der Waals surface area (Å²) in [5, 5.41) is 3.90. The van der Waals surface area contributed by atoms with Crippen LogP contribution < -0.4 is 10.1 Å². The van der Waals surface area contributed by atoms with Gasteiger partial charge in [-0.1, -0.05) is 17.7 Å². The average Bonchev–Trinajstić information content (AvgIpc) is 3.05. The minimum absolute atomic E-state index is 0. The van der Waals surface area contributed by atoms with Crippen LogP contribution in [0.2, 0.25) is 5.02 Å². The fourth-order valence-corrected chi connectivity index (χ4v) is 2.54. The van der Waals surface area contributed by atoms with Crippen LogP contribution in [0.15, 0.2) is 59.3 Å². The van der Waals surface area contributed by atoms with E-state index in [-0.39, 0.29) is 24.8 Å². The first kappa shape index (κ1) is 21.3. The molecule has 0 radical (unpaired) electrons. The fraction of sp³-hybridized carbons (Fsp3) is 0.167. The first-order valence-corrected chi connectivity index (χ1v) is 7.66. The molecular weight excluding hydrogens is 383 g/mol. The summed E-state index contributed by atoms with van der Waals surface area (Å²) in [6.45, 7) is 1.40. The largest absolute Gasteiger partial charge is 0.495 e. The minimum Gasteiger partial charge on any atom is -0.495 e. The maximum Gasteiger partial charge on any atom is 0.137 e. The van der Waals surface area contributed by atoms with Gasteiger partial charge in [0.05, 0.1) is 18.7 Å². The lowest BCUT2D eigenvalue weighted by atomic mass is 10.2. The van der Waals surface area contributed by atoms with Gasteiger partial charge in [0.15, 0.2) is 0 Å². The smallest absolute Gasteiger partial charge is 0.137 e. The van der Waals surface area contributed by atoms with Crippen molar-refractivity contribution in [2.45, 2.75) is 13.1 Å². The molecule has 0 spiro atoms. The number of furan rings is 1. The Kier molecular flexibility index (Phi) is 8.79. The Morgan fingerprint density at radius 2 is 1.96 bits per heavy atom. The van der Waals surface area contributed by atoms with Crippen LogP contribution in [0.25, 0.3) is 11.3 Å². The predicted octanol–water partition coefficient (Wildman–Crippen LogP) is 5.14. The Balaban J connectivity index is 0.00000156. The molecule has 0 aliphatic carbocycles. The zero-order chi connectivity index (χ0) is 16.1. The van der Waals surface area contributed by atoms with Crippen molar-refractivity contribution in [3.05, 3.63) is 71.2 Å². The number of rotatable bonds is 6. The maximum absolute atomic E-state index is 6.15. The third-order valence-corrected chi connectivity index (χ3v) is 3.74. The summed E-state index contributed by atoms with van der Waals surface area (Å²) in [7, 11) is 1.60. The molecule has 1 aromatic carbocycles. The molecule has 0 aliphatic heterocycles. The fourth-order valence-electron chi connectivity index (χ4n) is 2.28. The number of ether oxygens (including phenoxy) is 1. The molecule has 0 unspecified atom stereocenters. The Morgan fingerprint density at radius 3 is 2.64 bits per heavy atom. The minimum atomic E-state index is 0. The third kappa shape index (κ3) is 5.65. The maximum atomic E-state index is 6.15. The van der Waals surface area contributed by atoms with Gasteiger partial charge in [0, 0.05) is 24.5 Å². The number of nitrogens with one attached hydrogen (secondary N) is 1. The first-order chi connectivity index (χ1) is 11.3. The summed E-state index contributed by atoms with van der Waals surface area (Å²) in [6, 6.07) is 13.5. The molecule has 0 amide bonds. The highest BCUT2D eigenvalue weighted by Crippen LogP contribution is 2.31. The summed E-state index contributed by atoms with van der Waals surface area (Å²) >= 11 is 6.15. The topological polar surface area (TPSA) is 47.3 Å². The number of halogens is 3. The van der Waals surface area contributed by atoms with E-state index in [2.05, 4.69) is 10.3 Å². The lowest BCUT2D eigenvalue weighted by molar-refractivity contribution is 0.415. The van der Waals surface area contributed by atoms with Gasteiger partial charge in [0.1, 0.15) is 17.3 Å². The van der Waals surface area contributed by atoms with Gasteiger partial charge in [-0.2, -0.15) is 0 Å². The van der Waals surface area contributed by atoms with E-state index < -0.39 is 0 Å². The molecule has 0 aliphatic rings. The van der Waals surface area contributed by atoms with Crippen LogP contribution in [-0.4, -0.2) is 12.1 Å². The molecule has 0 saturated carbocycles. The number of hydrogen-bond donors (Lipinski definition) is 1. The summed E-state index contributed by atoms with van der Waals surface area (Å²) in [5.74, 6) is 2.31. The molecule has 0 fully saturated rings. The van der Waals surface area contributed by atoms with Crippen LogP contribution in [0.4, 0.5) is 0 Å². The van der Waals surface area contributed by atoms with E-state index in [9.17, 15) is 0 Å². The van der Waals surface area contributed by atoms with Crippen molar-refractivity contribution in [3.63, 3.8) is 0 Å². The summed E-state index contributed by atoms with van der Waals surface area (Å²) in [4.78, 5) is 4.09. The second-order valence-electron chi connectivity index (χ2n) is 5.08. The van der Waals surface area contributed by atoms with E-state index in [1.807, 2.05) is 48.7 Å². The van der Waals surface area contributed by atoms with Gasteiger partial charge in [-0.25, -0.2) is 0 Å². The molecule has 134 valence electrons. The monoisotopic (exact) mass is 400 g/mol. The number of hydrogen-bond acceptors (Lipinski definition) is 4. The van der Waals surface area contributed by atoms with Crippen molar-refractivity contribution < 1.29 is 9.15 Å². The molecule has 3 aromatic rings. The molecule has 0 atom stereocenters. The first-order valence-electron chi connectivity index (χ1n) is 7.28. The zero-order valence-electron chi connectivity index (χ0n) is 13.6. The molecule has 2 heterocycles. The molecule has 7 heteroatoms. The van der Waals surface area contributed by atoms with Gasteiger partial charge in [-0.15, -0.1) is 24.8 Å². The third-order valence-electron chi connectivity index (χ3n) is 3.45. The SMILES string of the molecule is COc1ccc(-c2ccc(CNCc3cccnc3)o2)cc1Cl.Cl.Cl. The molecule has 2 aromatic heterocycles. The van der Waals surface area contributed by atoms with Crippen molar-refractivity contribution in [2.75, 3.05) is 7.11 Å². The Labute approximate surface area is 164 Å². The normalized spacial score (nSPS) is 9.84. The molecule has 25 heavy (non-hydrogen) atoms. The molecule has 4 nitrogen and oxygen atoms in total. The lowest BCUT2D eigenvalue weighted by Gasteiger charge is -2.04. The second kappa shape index (κ2) is 10.3. The number of methoxy groups -OCH3 is 1. The van der Waals surface area contributed by atoms with Crippen LogP contribution in [-0.2, 0) is 13.1 Å². The van der Waals surface area contributed by atoms with Crippen LogP contribution >= 0.6 is 36.4 Å². The van der Waals surface area contributed by atoms with Gasteiger partial charge in [-0.05, 0) is 42.0 Å². The molecule has 1 N–H and O–H groups in total. The van der Waals surface area contributed by atoms with Crippen LogP contribution in [0.5, 0.6) is 5.75 Å². The predicted molar refractivity (Wildman–Crippen MR) is 105 cm³/mol. The van der Waals surface area contributed by atoms with Crippen LogP contribution in [0, 0.1) is 0 Å². The van der Waals surface area contributed by atoms with Crippen molar-refractivity contribution in [1.29, 1.82) is 0 Å². The van der Waals surface area contributed by atoms with E-state index in [1.54, 1.807) is 13.3 Å². The van der Waals surface area contributed by atoms with Gasteiger partial charge >= 0.3 is 0 Å². The second-order valence-corrected chi connectivity index (χ2v) is 5.49. The van der Waals surface area contributed by atoms with E-state index in [0.29, 0.717) is 17.3 Å². The highest BCUT2D eigenvalue weighted by Gasteiger charge is 2.08. The quantitative estimate of drug-likeness (QED) is 0.621. The average molecular weight is 402 g/mol. The van der Waals surface area contributed by atoms with Gasteiger partial charge in [0.2, 0.25) is 0 Å². The summed E-state index contributed by atoms with van der Waals surface area (Å²) < 4.78 is 11.0. The Morgan fingerprint density at radius 1 is 1.12 bits per heavy atom.